The van der Waals surface area contributed by atoms with Crippen molar-refractivity contribution in [2.24, 2.45) is 11.7 Å². The molecule has 0 aliphatic carbocycles. The van der Waals surface area contributed by atoms with E-state index in [9.17, 15) is 4.79 Å². The summed E-state index contributed by atoms with van der Waals surface area (Å²) in [4.78, 5) is 16.5. The summed E-state index contributed by atoms with van der Waals surface area (Å²) in [7, 11) is 2.06. The lowest BCUT2D eigenvalue weighted by molar-refractivity contribution is -0.119. The Morgan fingerprint density at radius 1 is 1.35 bits per heavy atom. The van der Waals surface area contributed by atoms with E-state index in [-0.39, 0.29) is 5.91 Å². The SMILES string of the molecule is CC(C)CN1C(=O)CCc2cc(-c3n[nH]cc3CN(C)CCN)ccc21. The van der Waals surface area contributed by atoms with Crippen molar-refractivity contribution in [3.63, 3.8) is 0 Å². The number of amides is 1. The Morgan fingerprint density at radius 2 is 2.15 bits per heavy atom. The number of aromatic nitrogens is 2. The number of nitrogens with zero attached hydrogens (tertiary/aromatic N) is 3. The van der Waals surface area contributed by atoms with Crippen LogP contribution in [0.1, 0.15) is 31.4 Å². The number of hydrogen-bond acceptors (Lipinski definition) is 4. The summed E-state index contributed by atoms with van der Waals surface area (Å²) >= 11 is 0. The number of benzene rings is 1. The average Bonchev–Trinajstić information content (AvgIpc) is 3.05. The van der Waals surface area contributed by atoms with Crippen molar-refractivity contribution in [2.75, 3.05) is 31.6 Å². The second-order valence-electron chi connectivity index (χ2n) is 7.53. The lowest BCUT2D eigenvalue weighted by Gasteiger charge is -2.31. The topological polar surface area (TPSA) is 78.2 Å². The lowest BCUT2D eigenvalue weighted by atomic mass is 9.96. The van der Waals surface area contributed by atoms with E-state index < -0.39 is 0 Å². The van der Waals surface area contributed by atoms with E-state index in [1.165, 1.54) is 5.56 Å². The fourth-order valence-electron chi connectivity index (χ4n) is 3.55. The number of carbonyl (C=O) groups excluding carboxylic acids is 1. The van der Waals surface area contributed by atoms with Gasteiger partial charge in [-0.3, -0.25) is 9.89 Å². The monoisotopic (exact) mass is 355 g/mol. The van der Waals surface area contributed by atoms with Crippen LogP contribution in [-0.4, -0.2) is 47.7 Å². The van der Waals surface area contributed by atoms with Crippen LogP contribution in [0.5, 0.6) is 0 Å². The summed E-state index contributed by atoms with van der Waals surface area (Å²) in [5.74, 6) is 0.670. The van der Waals surface area contributed by atoms with Crippen LogP contribution in [0.25, 0.3) is 11.3 Å². The molecule has 140 valence electrons. The maximum atomic E-state index is 12.3. The summed E-state index contributed by atoms with van der Waals surface area (Å²) in [5.41, 5.74) is 11.2. The van der Waals surface area contributed by atoms with Gasteiger partial charge in [0.25, 0.3) is 0 Å². The van der Waals surface area contributed by atoms with E-state index in [0.29, 0.717) is 18.9 Å². The number of carbonyl (C=O) groups is 1. The number of aromatic amines is 1. The quantitative estimate of drug-likeness (QED) is 0.799. The van der Waals surface area contributed by atoms with Crippen molar-refractivity contribution in [3.05, 3.63) is 35.5 Å². The molecule has 0 saturated carbocycles. The third kappa shape index (κ3) is 3.97. The van der Waals surface area contributed by atoms with Gasteiger partial charge in [0.05, 0.1) is 5.69 Å². The third-order valence-electron chi connectivity index (χ3n) is 4.77. The molecule has 3 N–H and O–H groups in total. The fourth-order valence-corrected chi connectivity index (χ4v) is 3.55. The third-order valence-corrected chi connectivity index (χ3v) is 4.77. The van der Waals surface area contributed by atoms with Crippen LogP contribution < -0.4 is 10.6 Å². The second kappa shape index (κ2) is 8.01. The van der Waals surface area contributed by atoms with Crippen LogP contribution in [0.4, 0.5) is 5.69 Å². The zero-order valence-electron chi connectivity index (χ0n) is 16.0. The second-order valence-corrected chi connectivity index (χ2v) is 7.53. The van der Waals surface area contributed by atoms with Crippen molar-refractivity contribution in [2.45, 2.75) is 33.2 Å². The van der Waals surface area contributed by atoms with Gasteiger partial charge in [-0.2, -0.15) is 5.10 Å². The van der Waals surface area contributed by atoms with E-state index in [4.69, 9.17) is 5.73 Å². The van der Waals surface area contributed by atoms with Crippen LogP contribution in [0.3, 0.4) is 0 Å². The smallest absolute Gasteiger partial charge is 0.227 e. The molecule has 0 unspecified atom stereocenters. The van der Waals surface area contributed by atoms with Crippen LogP contribution in [0.15, 0.2) is 24.4 Å². The predicted molar refractivity (Wildman–Crippen MR) is 105 cm³/mol. The number of H-pyrrole nitrogens is 1. The van der Waals surface area contributed by atoms with E-state index in [1.807, 2.05) is 11.1 Å². The summed E-state index contributed by atoms with van der Waals surface area (Å²) in [6.07, 6.45) is 3.33. The van der Waals surface area contributed by atoms with Crippen molar-refractivity contribution in [1.29, 1.82) is 0 Å². The molecule has 1 aromatic carbocycles. The molecule has 1 aliphatic rings. The highest BCUT2D eigenvalue weighted by molar-refractivity contribution is 5.96. The predicted octanol–water partition coefficient (Wildman–Crippen LogP) is 2.40. The molecule has 6 nitrogen and oxygen atoms in total. The van der Waals surface area contributed by atoms with Gasteiger partial charge in [0.1, 0.15) is 0 Å². The van der Waals surface area contributed by atoms with Gasteiger partial charge in [-0.1, -0.05) is 19.9 Å². The highest BCUT2D eigenvalue weighted by Crippen LogP contribution is 2.33. The number of likely N-dealkylation sites (N-methyl/N-ethyl adjacent to an activating group) is 1. The Morgan fingerprint density at radius 3 is 2.88 bits per heavy atom. The first kappa shape index (κ1) is 18.6. The summed E-state index contributed by atoms with van der Waals surface area (Å²) in [6.45, 7) is 7.34. The van der Waals surface area contributed by atoms with Gasteiger partial charge in [0.15, 0.2) is 0 Å². The first-order valence-corrected chi connectivity index (χ1v) is 9.34. The molecule has 2 aromatic rings. The van der Waals surface area contributed by atoms with Gasteiger partial charge in [-0.15, -0.1) is 0 Å². The van der Waals surface area contributed by atoms with Gasteiger partial charge in [-0.05, 0) is 37.1 Å². The van der Waals surface area contributed by atoms with E-state index >= 15 is 0 Å². The molecule has 0 radical (unpaired) electrons. The van der Waals surface area contributed by atoms with Gasteiger partial charge in [0.2, 0.25) is 5.91 Å². The largest absolute Gasteiger partial charge is 0.329 e. The molecule has 0 fully saturated rings. The summed E-state index contributed by atoms with van der Waals surface area (Å²) in [6, 6.07) is 6.34. The Labute approximate surface area is 155 Å². The molecule has 0 bridgehead atoms. The van der Waals surface area contributed by atoms with Crippen LogP contribution >= 0.6 is 0 Å². The number of fused-ring (bicyclic) bond motifs is 1. The molecule has 3 rings (SSSR count). The van der Waals surface area contributed by atoms with Crippen molar-refractivity contribution >= 4 is 11.6 Å². The Hall–Kier alpha value is -2.18. The van der Waals surface area contributed by atoms with Crippen LogP contribution in [-0.2, 0) is 17.8 Å². The number of hydrogen-bond donors (Lipinski definition) is 2. The highest BCUT2D eigenvalue weighted by atomic mass is 16.2. The van der Waals surface area contributed by atoms with E-state index in [0.717, 1.165) is 48.6 Å². The van der Waals surface area contributed by atoms with E-state index in [1.54, 1.807) is 0 Å². The highest BCUT2D eigenvalue weighted by Gasteiger charge is 2.25. The fraction of sp³-hybridized carbons (Fsp3) is 0.500. The summed E-state index contributed by atoms with van der Waals surface area (Å²) < 4.78 is 0. The lowest BCUT2D eigenvalue weighted by Crippen LogP contribution is -2.37. The van der Waals surface area contributed by atoms with Gasteiger partial charge < -0.3 is 15.5 Å². The standard InChI is InChI=1S/C20H29N5O/c1-14(2)12-25-18-6-4-16(10-15(18)5-7-19(25)26)20-17(11-22-23-20)13-24(3)9-8-21/h4,6,10-11,14H,5,7-9,12-13,21H2,1-3H3,(H,22,23). The molecule has 1 amide bonds. The molecule has 1 aliphatic heterocycles. The number of aryl methyl sites for hydroxylation is 1. The van der Waals surface area contributed by atoms with Crippen LogP contribution in [0.2, 0.25) is 0 Å². The minimum absolute atomic E-state index is 0.225. The van der Waals surface area contributed by atoms with Crippen molar-refractivity contribution < 1.29 is 4.79 Å². The molecule has 0 spiro atoms. The summed E-state index contributed by atoms with van der Waals surface area (Å²) in [5, 5.41) is 7.46. The van der Waals surface area contributed by atoms with E-state index in [2.05, 4.69) is 54.2 Å². The minimum Gasteiger partial charge on any atom is -0.329 e. The molecule has 6 heteroatoms. The first-order valence-electron chi connectivity index (χ1n) is 9.34. The molecule has 1 aromatic heterocycles. The first-order chi connectivity index (χ1) is 12.5. The van der Waals surface area contributed by atoms with Gasteiger partial charge in [0, 0.05) is 55.6 Å². The molecule has 2 heterocycles. The molecular weight excluding hydrogens is 326 g/mol. The average molecular weight is 355 g/mol. The molecule has 0 saturated heterocycles. The zero-order valence-corrected chi connectivity index (χ0v) is 16.0. The van der Waals surface area contributed by atoms with Crippen molar-refractivity contribution in [1.82, 2.24) is 15.1 Å². The van der Waals surface area contributed by atoms with Crippen molar-refractivity contribution in [3.8, 4) is 11.3 Å². The number of rotatable bonds is 7. The Balaban J connectivity index is 1.88. The molecular formula is C20H29N5O. The normalized spacial score (nSPS) is 14.4. The maximum absolute atomic E-state index is 12.3. The molecule has 0 atom stereocenters. The zero-order chi connectivity index (χ0) is 18.7. The van der Waals surface area contributed by atoms with Crippen LogP contribution in [0, 0.1) is 5.92 Å². The Bertz CT molecular complexity index is 767. The van der Waals surface area contributed by atoms with Gasteiger partial charge in [-0.25, -0.2) is 0 Å². The Kier molecular flexibility index (Phi) is 5.74. The number of nitrogens with two attached hydrogens (primary N) is 1. The van der Waals surface area contributed by atoms with Gasteiger partial charge >= 0.3 is 0 Å². The molecule has 26 heavy (non-hydrogen) atoms. The number of anilines is 1. The number of nitrogens with one attached hydrogen (secondary N) is 1. The minimum atomic E-state index is 0.225. The maximum Gasteiger partial charge on any atom is 0.227 e.